The van der Waals surface area contributed by atoms with Gasteiger partial charge < -0.3 is 43.7 Å². The van der Waals surface area contributed by atoms with Crippen molar-refractivity contribution in [2.24, 2.45) is 23.7 Å². The molecule has 7 aliphatic heterocycles. The molecule has 0 aromatic carbocycles. The Bertz CT molecular complexity index is 1320. The second-order valence-electron chi connectivity index (χ2n) is 17.3. The summed E-state index contributed by atoms with van der Waals surface area (Å²) >= 11 is 0. The molecule has 0 aromatic rings. The van der Waals surface area contributed by atoms with E-state index in [4.69, 9.17) is 28.4 Å². The van der Waals surface area contributed by atoms with Crippen LogP contribution in [0.2, 0.25) is 0 Å². The van der Waals surface area contributed by atoms with Crippen LogP contribution >= 0.6 is 0 Å². The van der Waals surface area contributed by atoms with Gasteiger partial charge in [0.1, 0.15) is 29.9 Å². The average molecular weight is 731 g/mol. The number of hydrogen-bond donors (Lipinski definition) is 3. The predicted molar refractivity (Wildman–Crippen MR) is 190 cm³/mol. The SMILES string of the molecule is C=C1C2C[C@@H]3O[C@H](C[C@H](O)CO)[C@H](C)[C@H]3CC(=O)CC3CC[C@@H]4O[C@H]5[C@@H](C)[C@H](CC(=O)CCC6CC(=C)[C@H](CC[C@@H](C[C@H]1C)O2)O6)O[C@H]5[C@@H](O)[C@H]4O3. The topological polar surface area (TPSA) is 150 Å². The Hall–Kier alpha value is -1.54. The van der Waals surface area contributed by atoms with Gasteiger partial charge in [-0.1, -0.05) is 33.9 Å². The second kappa shape index (κ2) is 16.3. The number of Topliss-reactive ketones (excluding diaryl/α,β-unsaturated/α-hetero) is 2. The number of aliphatic hydroxyl groups is 3. The van der Waals surface area contributed by atoms with Gasteiger partial charge in [-0.2, -0.15) is 0 Å². The lowest BCUT2D eigenvalue weighted by Crippen LogP contribution is -2.60. The molecule has 52 heavy (non-hydrogen) atoms. The standard InChI is InChI=1S/C41H62O11/c1-20-12-29-8-10-32-21(2)13-28(47-32)7-6-25(43)16-35-24(5)39-41(52-35)38(46)40-33(51-39)11-9-30(49-40)14-26(44)15-31-23(4)34(17-27(45)19-42)50-37(31)18-36(48-29)22(20)3/h20,23-24,27-42,45-46H,2-3,6-19H2,1,4-5H3/t20-,23-,24+,27+,28?,29+,30?,31-,32+,33+,34-,35+,36?,37+,38+,39+,40+,41+/m1/s1. The zero-order valence-corrected chi connectivity index (χ0v) is 31.3. The largest absolute Gasteiger partial charge is 0.394 e. The van der Waals surface area contributed by atoms with Crippen molar-refractivity contribution in [3.05, 3.63) is 24.3 Å². The maximum atomic E-state index is 13.8. The molecule has 7 fully saturated rings. The van der Waals surface area contributed by atoms with Crippen LogP contribution in [0.5, 0.6) is 0 Å². The number of ketones is 2. The van der Waals surface area contributed by atoms with Gasteiger partial charge in [-0.3, -0.25) is 9.59 Å². The molecule has 18 atom stereocenters. The number of fused-ring (bicyclic) bond motifs is 7. The summed E-state index contributed by atoms with van der Waals surface area (Å²) in [5.41, 5.74) is 2.10. The molecule has 7 saturated heterocycles. The Balaban J connectivity index is 1.10. The van der Waals surface area contributed by atoms with Gasteiger partial charge in [-0.25, -0.2) is 0 Å². The summed E-state index contributed by atoms with van der Waals surface area (Å²) in [6.45, 7) is 14.7. The Morgan fingerprint density at radius 3 is 2.21 bits per heavy atom. The number of carbonyl (C=O) groups is 2. The molecule has 0 aromatic heterocycles. The van der Waals surface area contributed by atoms with E-state index >= 15 is 0 Å². The molecule has 7 aliphatic rings. The fourth-order valence-electron chi connectivity index (χ4n) is 10.4. The summed E-state index contributed by atoms with van der Waals surface area (Å²) in [5, 5.41) is 31.5. The van der Waals surface area contributed by atoms with Gasteiger partial charge in [0.2, 0.25) is 0 Å². The first kappa shape index (κ1) is 38.7. The first-order valence-electron chi connectivity index (χ1n) is 20.2. The number of rotatable bonds is 3. The third kappa shape index (κ3) is 8.19. The van der Waals surface area contributed by atoms with E-state index in [0.717, 1.165) is 36.8 Å². The highest BCUT2D eigenvalue weighted by molar-refractivity contribution is 5.79. The monoisotopic (exact) mass is 730 g/mol. The number of hydrogen-bond acceptors (Lipinski definition) is 11. The molecule has 7 heterocycles. The third-order valence-electron chi connectivity index (χ3n) is 13.7. The molecule has 3 N–H and O–H groups in total. The predicted octanol–water partition coefficient (Wildman–Crippen LogP) is 4.16. The molecule has 0 aliphatic carbocycles. The Labute approximate surface area is 308 Å². The lowest BCUT2D eigenvalue weighted by molar-refractivity contribution is -0.256. The normalized spacial score (nSPS) is 48.4. The molecule has 7 rings (SSSR count). The van der Waals surface area contributed by atoms with Crippen molar-refractivity contribution in [2.75, 3.05) is 6.61 Å². The molecule has 0 radical (unpaired) electrons. The molecule has 292 valence electrons. The molecule has 3 unspecified atom stereocenters. The summed E-state index contributed by atoms with van der Waals surface area (Å²) in [6.07, 6.45) is 1.93. The fourth-order valence-corrected chi connectivity index (χ4v) is 10.4. The maximum Gasteiger partial charge on any atom is 0.135 e. The van der Waals surface area contributed by atoms with Crippen molar-refractivity contribution >= 4 is 11.6 Å². The van der Waals surface area contributed by atoms with E-state index in [-0.39, 0.29) is 116 Å². The van der Waals surface area contributed by atoms with E-state index in [1.54, 1.807) is 0 Å². The minimum atomic E-state index is -0.922. The summed E-state index contributed by atoms with van der Waals surface area (Å²) in [4.78, 5) is 27.1. The minimum absolute atomic E-state index is 0.0158. The van der Waals surface area contributed by atoms with Crippen molar-refractivity contribution in [2.45, 2.75) is 190 Å². The summed E-state index contributed by atoms with van der Waals surface area (Å²) in [7, 11) is 0. The van der Waals surface area contributed by atoms with E-state index < -0.39 is 24.4 Å². The van der Waals surface area contributed by atoms with E-state index in [2.05, 4.69) is 27.0 Å². The average Bonchev–Trinajstić information content (AvgIpc) is 3.73. The number of aliphatic hydroxyl groups excluding tert-OH is 3. The smallest absolute Gasteiger partial charge is 0.135 e. The van der Waals surface area contributed by atoms with E-state index in [1.165, 1.54) is 0 Å². The molecular weight excluding hydrogens is 668 g/mol. The van der Waals surface area contributed by atoms with Crippen LogP contribution in [0.25, 0.3) is 0 Å². The highest BCUT2D eigenvalue weighted by atomic mass is 16.6. The maximum absolute atomic E-state index is 13.8. The number of ether oxygens (including phenoxy) is 6. The fraction of sp³-hybridized carbons (Fsp3) is 0.854. The van der Waals surface area contributed by atoms with Gasteiger partial charge in [0.15, 0.2) is 0 Å². The summed E-state index contributed by atoms with van der Waals surface area (Å²) in [5.74, 6) is 0.265. The molecule has 0 amide bonds. The first-order valence-corrected chi connectivity index (χ1v) is 20.2. The summed E-state index contributed by atoms with van der Waals surface area (Å²) in [6, 6.07) is 0. The lowest BCUT2D eigenvalue weighted by Gasteiger charge is -2.46. The van der Waals surface area contributed by atoms with Crippen molar-refractivity contribution in [3.63, 3.8) is 0 Å². The van der Waals surface area contributed by atoms with Crippen LogP contribution in [0, 0.1) is 23.7 Å². The first-order chi connectivity index (χ1) is 24.9. The van der Waals surface area contributed by atoms with Crippen LogP contribution in [0.3, 0.4) is 0 Å². The van der Waals surface area contributed by atoms with Crippen LogP contribution in [0.1, 0.15) is 104 Å². The molecule has 0 spiro atoms. The molecular formula is C41H62O11. The molecule has 8 bridgehead atoms. The highest BCUT2D eigenvalue weighted by Gasteiger charge is 2.56. The third-order valence-corrected chi connectivity index (χ3v) is 13.7. The van der Waals surface area contributed by atoms with Gasteiger partial charge in [0.05, 0.1) is 73.8 Å². The van der Waals surface area contributed by atoms with Crippen LogP contribution < -0.4 is 0 Å². The van der Waals surface area contributed by atoms with Crippen molar-refractivity contribution in [1.82, 2.24) is 0 Å². The molecule has 11 nitrogen and oxygen atoms in total. The molecule has 0 saturated carbocycles. The van der Waals surface area contributed by atoms with Gasteiger partial charge >= 0.3 is 0 Å². The van der Waals surface area contributed by atoms with Crippen LogP contribution in [-0.2, 0) is 38.0 Å². The van der Waals surface area contributed by atoms with E-state index in [1.807, 2.05) is 6.92 Å². The van der Waals surface area contributed by atoms with Gasteiger partial charge in [0, 0.05) is 44.4 Å². The van der Waals surface area contributed by atoms with Crippen LogP contribution in [0.15, 0.2) is 24.3 Å². The van der Waals surface area contributed by atoms with E-state index in [0.29, 0.717) is 44.9 Å². The number of carbonyl (C=O) groups excluding carboxylic acids is 2. The molecule has 11 heteroatoms. The Morgan fingerprint density at radius 2 is 1.42 bits per heavy atom. The van der Waals surface area contributed by atoms with Gasteiger partial charge in [0.25, 0.3) is 0 Å². The van der Waals surface area contributed by atoms with Crippen LogP contribution in [0.4, 0.5) is 0 Å². The van der Waals surface area contributed by atoms with E-state index in [9.17, 15) is 24.9 Å². The van der Waals surface area contributed by atoms with Gasteiger partial charge in [-0.05, 0) is 73.8 Å². The Kier molecular flexibility index (Phi) is 12.1. The zero-order chi connectivity index (χ0) is 36.8. The highest BCUT2D eigenvalue weighted by Crippen LogP contribution is 2.45. The van der Waals surface area contributed by atoms with Crippen molar-refractivity contribution in [3.8, 4) is 0 Å². The minimum Gasteiger partial charge on any atom is -0.394 e. The van der Waals surface area contributed by atoms with Crippen LogP contribution in [-0.4, -0.2) is 119 Å². The quantitative estimate of drug-likeness (QED) is 0.360. The summed E-state index contributed by atoms with van der Waals surface area (Å²) < 4.78 is 39.1. The van der Waals surface area contributed by atoms with Gasteiger partial charge in [-0.15, -0.1) is 0 Å². The van der Waals surface area contributed by atoms with Crippen molar-refractivity contribution < 1.29 is 53.3 Å². The Morgan fingerprint density at radius 1 is 0.692 bits per heavy atom. The lowest BCUT2D eigenvalue weighted by atomic mass is 9.78. The second-order valence-corrected chi connectivity index (χ2v) is 17.3. The zero-order valence-electron chi connectivity index (χ0n) is 31.3. The van der Waals surface area contributed by atoms with Crippen molar-refractivity contribution in [1.29, 1.82) is 0 Å².